The summed E-state index contributed by atoms with van der Waals surface area (Å²) >= 11 is 0. The van der Waals surface area contributed by atoms with E-state index in [1.807, 2.05) is 0 Å². The molecule has 0 fully saturated rings. The normalized spacial score (nSPS) is 16.3. The van der Waals surface area contributed by atoms with Crippen molar-refractivity contribution in [3.05, 3.63) is 0 Å². The summed E-state index contributed by atoms with van der Waals surface area (Å²) in [4.78, 5) is 11.1. The van der Waals surface area contributed by atoms with Gasteiger partial charge < -0.3 is 10.1 Å². The zero-order chi connectivity index (χ0) is 28.3. The molecule has 0 heterocycles. The third kappa shape index (κ3) is 5.94. The van der Waals surface area contributed by atoms with E-state index in [4.69, 9.17) is 0 Å². The quantitative estimate of drug-likeness (QED) is 0.184. The summed E-state index contributed by atoms with van der Waals surface area (Å²) in [5, 5.41) is 1.49. The molecule has 0 aliphatic rings. The van der Waals surface area contributed by atoms with Gasteiger partial charge in [-0.2, -0.15) is 57.1 Å². The first-order chi connectivity index (χ1) is 15.5. The van der Waals surface area contributed by atoms with Crippen LogP contribution in [0.15, 0.2) is 0 Å². The van der Waals surface area contributed by atoms with E-state index in [1.54, 1.807) is 6.92 Å². The molecule has 35 heavy (non-hydrogen) atoms. The predicted octanol–water partition coefficient (Wildman–Crippen LogP) is 7.00. The number of nitrogens with one attached hydrogen (secondary N) is 1. The summed E-state index contributed by atoms with van der Waals surface area (Å²) in [5.74, 6) is -47.7. The molecule has 1 amide bonds. The number of carbonyl (C=O) groups is 1. The molecule has 19 heteroatoms. The molecule has 2 atom stereocenters. The largest absolute Gasteiger partial charge is 0.409 e. The van der Waals surface area contributed by atoms with Crippen LogP contribution in [-0.4, -0.2) is 67.1 Å². The second kappa shape index (κ2) is 11.0. The summed E-state index contributed by atoms with van der Waals surface area (Å²) < 4.78 is 214. The van der Waals surface area contributed by atoms with E-state index in [9.17, 15) is 75.0 Å². The standard InChI is InChI=1S/C16H17F16NO2/c1-2-3-4-5-6-33-10(34)35-9(20)12(23,24)14(27,28)16(31,32)15(29,30)13(25,26)11(21,22)7(17)8(18)19/h7-9H,2-6H2,1H3,(H,33,34). The molecular weight excluding hydrogens is 542 g/mol. The maximum Gasteiger partial charge on any atom is 0.409 e. The lowest BCUT2D eigenvalue weighted by Gasteiger charge is -2.41. The fraction of sp³-hybridized carbons (Fsp3) is 0.938. The molecule has 0 aliphatic carbocycles. The Hall–Kier alpha value is -1.85. The van der Waals surface area contributed by atoms with Crippen LogP contribution in [0.4, 0.5) is 75.0 Å². The Morgan fingerprint density at radius 2 is 1.11 bits per heavy atom. The number of carbonyl (C=O) groups excluding carboxylic acids is 1. The minimum atomic E-state index is -8.39. The van der Waals surface area contributed by atoms with E-state index in [0.29, 0.717) is 19.3 Å². The molecule has 0 saturated carbocycles. The average molecular weight is 559 g/mol. The number of unbranched alkanes of at least 4 members (excludes halogenated alkanes) is 3. The highest BCUT2D eigenvalue weighted by Crippen LogP contribution is 2.61. The second-order valence-electron chi connectivity index (χ2n) is 6.99. The number of hydrogen-bond acceptors (Lipinski definition) is 2. The molecule has 0 spiro atoms. The summed E-state index contributed by atoms with van der Waals surface area (Å²) in [6.07, 6.45) is -16.7. The molecule has 2 unspecified atom stereocenters. The van der Waals surface area contributed by atoms with E-state index in [-0.39, 0.29) is 6.42 Å². The number of alkyl halides is 16. The molecule has 0 bridgehead atoms. The molecule has 0 aromatic heterocycles. The summed E-state index contributed by atoms with van der Waals surface area (Å²) in [7, 11) is 0. The average Bonchev–Trinajstić information content (AvgIpc) is 2.71. The highest BCUT2D eigenvalue weighted by Gasteiger charge is 2.92. The first-order valence-electron chi connectivity index (χ1n) is 9.26. The molecule has 0 rings (SSSR count). The van der Waals surface area contributed by atoms with Crippen LogP contribution in [-0.2, 0) is 4.74 Å². The van der Waals surface area contributed by atoms with Gasteiger partial charge in [0.25, 0.3) is 6.43 Å². The van der Waals surface area contributed by atoms with Gasteiger partial charge in [-0.3, -0.25) is 0 Å². The number of hydrogen-bond donors (Lipinski definition) is 1. The third-order valence-corrected chi connectivity index (χ3v) is 4.38. The molecule has 0 aromatic carbocycles. The number of halogens is 16. The topological polar surface area (TPSA) is 38.3 Å². The second-order valence-corrected chi connectivity index (χ2v) is 6.99. The summed E-state index contributed by atoms with van der Waals surface area (Å²) in [5.41, 5.74) is 0. The highest BCUT2D eigenvalue weighted by atomic mass is 19.4. The van der Waals surface area contributed by atoms with Gasteiger partial charge in [0.15, 0.2) is 0 Å². The van der Waals surface area contributed by atoms with Gasteiger partial charge in [-0.05, 0) is 6.42 Å². The van der Waals surface area contributed by atoms with Gasteiger partial charge in [0.05, 0.1) is 0 Å². The maximum absolute atomic E-state index is 13.6. The van der Waals surface area contributed by atoms with Gasteiger partial charge in [-0.15, -0.1) is 0 Å². The Balaban J connectivity index is 5.95. The Labute approximate surface area is 186 Å². The number of alkyl carbamates (subject to hydrolysis) is 1. The zero-order valence-electron chi connectivity index (χ0n) is 17.1. The Bertz CT molecular complexity index is 699. The van der Waals surface area contributed by atoms with Crippen molar-refractivity contribution in [2.75, 3.05) is 6.54 Å². The van der Waals surface area contributed by atoms with Crippen LogP contribution < -0.4 is 5.32 Å². The minimum Gasteiger partial charge on any atom is -0.408 e. The molecule has 0 radical (unpaired) electrons. The molecule has 1 N–H and O–H groups in total. The zero-order valence-corrected chi connectivity index (χ0v) is 17.1. The van der Waals surface area contributed by atoms with Crippen LogP contribution >= 0.6 is 0 Å². The summed E-state index contributed by atoms with van der Waals surface area (Å²) in [6, 6.07) is 0. The first-order valence-corrected chi connectivity index (χ1v) is 9.26. The molecule has 0 aliphatic heterocycles. The molecule has 3 nitrogen and oxygen atoms in total. The minimum absolute atomic E-state index is 0.0915. The van der Waals surface area contributed by atoms with Gasteiger partial charge in [0, 0.05) is 6.54 Å². The van der Waals surface area contributed by atoms with E-state index in [2.05, 4.69) is 4.74 Å². The molecule has 0 saturated heterocycles. The van der Waals surface area contributed by atoms with Crippen molar-refractivity contribution in [1.29, 1.82) is 0 Å². The Morgan fingerprint density at radius 3 is 1.51 bits per heavy atom. The monoisotopic (exact) mass is 559 g/mol. The lowest BCUT2D eigenvalue weighted by molar-refractivity contribution is -0.439. The summed E-state index contributed by atoms with van der Waals surface area (Å²) in [6.45, 7) is 1.28. The SMILES string of the molecule is CCCCCCNC(=O)OC(F)C(F)(F)C(F)(F)C(F)(F)C(F)(F)C(F)(F)C(F)(F)C(F)C(F)F. The van der Waals surface area contributed by atoms with Crippen molar-refractivity contribution in [2.24, 2.45) is 0 Å². The Morgan fingerprint density at radius 1 is 0.686 bits per heavy atom. The van der Waals surface area contributed by atoms with Crippen LogP contribution in [0, 0.1) is 0 Å². The van der Waals surface area contributed by atoms with Crippen molar-refractivity contribution >= 4 is 6.09 Å². The number of ether oxygens (including phenoxy) is 1. The number of rotatable bonds is 14. The number of amides is 1. The van der Waals surface area contributed by atoms with Crippen molar-refractivity contribution in [3.8, 4) is 0 Å². The molecule has 210 valence electrons. The van der Waals surface area contributed by atoms with E-state index < -0.39 is 67.1 Å². The van der Waals surface area contributed by atoms with Crippen molar-refractivity contribution in [1.82, 2.24) is 5.32 Å². The fourth-order valence-corrected chi connectivity index (χ4v) is 2.24. The van der Waals surface area contributed by atoms with E-state index >= 15 is 0 Å². The van der Waals surface area contributed by atoms with Crippen LogP contribution in [0.5, 0.6) is 0 Å². The van der Waals surface area contributed by atoms with Gasteiger partial charge in [-0.1, -0.05) is 26.2 Å². The highest BCUT2D eigenvalue weighted by molar-refractivity contribution is 5.67. The van der Waals surface area contributed by atoms with Crippen LogP contribution in [0.3, 0.4) is 0 Å². The van der Waals surface area contributed by atoms with E-state index in [1.165, 1.54) is 5.32 Å². The predicted molar refractivity (Wildman–Crippen MR) is 84.1 cm³/mol. The van der Waals surface area contributed by atoms with Crippen LogP contribution in [0.25, 0.3) is 0 Å². The first kappa shape index (κ1) is 33.1. The van der Waals surface area contributed by atoms with E-state index in [0.717, 1.165) is 0 Å². The van der Waals surface area contributed by atoms with Gasteiger partial charge in [0.2, 0.25) is 6.17 Å². The van der Waals surface area contributed by atoms with Gasteiger partial charge in [0.1, 0.15) is 0 Å². The smallest absolute Gasteiger partial charge is 0.408 e. The van der Waals surface area contributed by atoms with Crippen molar-refractivity contribution in [3.63, 3.8) is 0 Å². The van der Waals surface area contributed by atoms with Gasteiger partial charge in [-0.25, -0.2) is 18.0 Å². The third-order valence-electron chi connectivity index (χ3n) is 4.38. The fourth-order valence-electron chi connectivity index (χ4n) is 2.24. The Kier molecular flexibility index (Phi) is 10.5. The van der Waals surface area contributed by atoms with Crippen molar-refractivity contribution < 1.29 is 79.8 Å². The maximum atomic E-state index is 13.6. The van der Waals surface area contributed by atoms with Crippen LogP contribution in [0.2, 0.25) is 0 Å². The molecular formula is C16H17F16NO2. The molecule has 0 aromatic rings. The lowest BCUT2D eigenvalue weighted by atomic mass is 9.90. The lowest BCUT2D eigenvalue weighted by Crippen LogP contribution is -2.73. The van der Waals surface area contributed by atoms with Gasteiger partial charge >= 0.3 is 48.0 Å². The van der Waals surface area contributed by atoms with Crippen molar-refractivity contribution in [2.45, 2.75) is 87.1 Å². The van der Waals surface area contributed by atoms with Crippen LogP contribution in [0.1, 0.15) is 32.6 Å².